The quantitative estimate of drug-likeness (QED) is 0.572. The van der Waals surface area contributed by atoms with Crippen molar-refractivity contribution in [3.63, 3.8) is 0 Å². The Morgan fingerprint density at radius 3 is 1.71 bits per heavy atom. The monoisotopic (exact) mass is 330 g/mol. The lowest BCUT2D eigenvalue weighted by Crippen LogP contribution is -2.30. The van der Waals surface area contributed by atoms with E-state index in [0.29, 0.717) is 11.5 Å². The molecule has 0 saturated carbocycles. The van der Waals surface area contributed by atoms with Gasteiger partial charge in [-0.15, -0.1) is 0 Å². The molecule has 0 unspecified atom stereocenters. The summed E-state index contributed by atoms with van der Waals surface area (Å²) in [6, 6.07) is 12.4. The van der Waals surface area contributed by atoms with E-state index in [2.05, 4.69) is 6.58 Å². The van der Waals surface area contributed by atoms with Crippen LogP contribution in [-0.2, 0) is 9.53 Å². The highest BCUT2D eigenvalue weighted by Crippen LogP contribution is 2.18. The number of hydrogen-bond donors (Lipinski definition) is 2. The second-order valence-corrected chi connectivity index (χ2v) is 4.87. The van der Waals surface area contributed by atoms with Crippen molar-refractivity contribution in [2.45, 2.75) is 6.10 Å². The largest absolute Gasteiger partial charge is 0.508 e. The van der Waals surface area contributed by atoms with Crippen molar-refractivity contribution in [1.29, 1.82) is 0 Å². The molecule has 0 aliphatic rings. The highest BCUT2D eigenvalue weighted by atomic mass is 16.6. The minimum atomic E-state index is -0.655. The predicted molar refractivity (Wildman–Crippen MR) is 87.3 cm³/mol. The zero-order valence-corrected chi connectivity index (χ0v) is 12.9. The molecule has 6 nitrogen and oxygen atoms in total. The molecule has 0 saturated heterocycles. The normalized spacial score (nSPS) is 10.2. The molecule has 2 aromatic carbocycles. The molecule has 2 N–H and O–H groups in total. The number of phenolic OH excluding ortho intramolecular Hbond substituents is 2. The van der Waals surface area contributed by atoms with E-state index < -0.39 is 12.1 Å². The molecule has 2 rings (SSSR count). The van der Waals surface area contributed by atoms with Gasteiger partial charge in [0.05, 0.1) is 0 Å². The van der Waals surface area contributed by atoms with E-state index in [9.17, 15) is 15.0 Å². The van der Waals surface area contributed by atoms with Crippen LogP contribution < -0.4 is 9.47 Å². The van der Waals surface area contributed by atoms with E-state index >= 15 is 0 Å². The molecule has 0 bridgehead atoms. The number of aromatic hydroxyl groups is 2. The van der Waals surface area contributed by atoms with Crippen molar-refractivity contribution in [3.8, 4) is 23.0 Å². The third-order valence-corrected chi connectivity index (χ3v) is 2.99. The van der Waals surface area contributed by atoms with Gasteiger partial charge >= 0.3 is 5.97 Å². The fraction of sp³-hybridized carbons (Fsp3) is 0.167. The first-order valence-corrected chi connectivity index (χ1v) is 7.23. The molecule has 6 heteroatoms. The van der Waals surface area contributed by atoms with Gasteiger partial charge in [0.2, 0.25) is 0 Å². The van der Waals surface area contributed by atoms with Crippen LogP contribution in [0.15, 0.2) is 61.2 Å². The van der Waals surface area contributed by atoms with Crippen LogP contribution in [0, 0.1) is 0 Å². The predicted octanol–water partition coefficient (Wildman–Crippen LogP) is 2.65. The van der Waals surface area contributed by atoms with Crippen molar-refractivity contribution >= 4 is 5.97 Å². The van der Waals surface area contributed by atoms with Crippen LogP contribution in [0.4, 0.5) is 0 Å². The van der Waals surface area contributed by atoms with E-state index in [-0.39, 0.29) is 24.7 Å². The number of phenols is 2. The Morgan fingerprint density at radius 2 is 1.33 bits per heavy atom. The lowest BCUT2D eigenvalue weighted by Gasteiger charge is -2.18. The molecule has 0 aliphatic heterocycles. The number of carbonyl (C=O) groups is 1. The molecular formula is C18H18O6. The summed E-state index contributed by atoms with van der Waals surface area (Å²) in [6.45, 7) is 3.50. The van der Waals surface area contributed by atoms with Crippen LogP contribution in [0.25, 0.3) is 0 Å². The molecule has 0 atom stereocenters. The average Bonchev–Trinajstić information content (AvgIpc) is 2.60. The van der Waals surface area contributed by atoms with Gasteiger partial charge in [0.25, 0.3) is 0 Å². The zero-order valence-electron chi connectivity index (χ0n) is 12.9. The maximum Gasteiger partial charge on any atom is 0.330 e. The van der Waals surface area contributed by atoms with E-state index in [4.69, 9.17) is 14.2 Å². The lowest BCUT2D eigenvalue weighted by atomic mass is 10.3. The number of rotatable bonds is 8. The Morgan fingerprint density at radius 1 is 0.917 bits per heavy atom. The van der Waals surface area contributed by atoms with Crippen LogP contribution in [0.5, 0.6) is 23.0 Å². The van der Waals surface area contributed by atoms with E-state index in [1.165, 1.54) is 24.3 Å². The fourth-order valence-electron chi connectivity index (χ4n) is 1.79. The zero-order chi connectivity index (χ0) is 17.4. The van der Waals surface area contributed by atoms with Crippen molar-refractivity contribution < 1.29 is 29.2 Å². The van der Waals surface area contributed by atoms with Gasteiger partial charge in [-0.3, -0.25) is 0 Å². The second-order valence-electron chi connectivity index (χ2n) is 4.87. The molecule has 0 heterocycles. The van der Waals surface area contributed by atoms with Gasteiger partial charge in [0.15, 0.2) is 6.10 Å². The lowest BCUT2D eigenvalue weighted by molar-refractivity contribution is -0.146. The molecular weight excluding hydrogens is 312 g/mol. The minimum Gasteiger partial charge on any atom is -0.508 e. The molecule has 0 amide bonds. The van der Waals surface area contributed by atoms with Crippen LogP contribution >= 0.6 is 0 Å². The first kappa shape index (κ1) is 17.2. The van der Waals surface area contributed by atoms with Gasteiger partial charge in [-0.2, -0.15) is 0 Å². The SMILES string of the molecule is C=CC(=O)OC(COc1ccc(O)cc1)COc1ccc(O)cc1. The summed E-state index contributed by atoms with van der Waals surface area (Å²) >= 11 is 0. The summed E-state index contributed by atoms with van der Waals surface area (Å²) < 4.78 is 16.3. The topological polar surface area (TPSA) is 85.2 Å². The van der Waals surface area contributed by atoms with Crippen molar-refractivity contribution in [3.05, 3.63) is 61.2 Å². The maximum atomic E-state index is 11.4. The molecule has 0 fully saturated rings. The Hall–Kier alpha value is -3.15. The molecule has 0 aromatic heterocycles. The average molecular weight is 330 g/mol. The van der Waals surface area contributed by atoms with E-state index in [0.717, 1.165) is 6.08 Å². The molecule has 0 aliphatic carbocycles. The van der Waals surface area contributed by atoms with Gasteiger partial charge < -0.3 is 24.4 Å². The number of carbonyl (C=O) groups excluding carboxylic acids is 1. The number of hydrogen-bond acceptors (Lipinski definition) is 6. The molecule has 0 radical (unpaired) electrons. The molecule has 24 heavy (non-hydrogen) atoms. The first-order valence-electron chi connectivity index (χ1n) is 7.23. The summed E-state index contributed by atoms with van der Waals surface area (Å²) in [6.07, 6.45) is 0.409. The van der Waals surface area contributed by atoms with Gasteiger partial charge in [-0.05, 0) is 48.5 Å². The first-order chi connectivity index (χ1) is 11.6. The van der Waals surface area contributed by atoms with Gasteiger partial charge in [-0.25, -0.2) is 4.79 Å². The Labute approximate surface area is 139 Å². The smallest absolute Gasteiger partial charge is 0.330 e. The maximum absolute atomic E-state index is 11.4. The Bertz CT molecular complexity index is 613. The second kappa shape index (κ2) is 8.47. The van der Waals surface area contributed by atoms with Crippen molar-refractivity contribution in [1.82, 2.24) is 0 Å². The van der Waals surface area contributed by atoms with E-state index in [1.54, 1.807) is 24.3 Å². The van der Waals surface area contributed by atoms with Gasteiger partial charge in [0.1, 0.15) is 36.2 Å². The molecule has 126 valence electrons. The highest BCUT2D eigenvalue weighted by molar-refractivity contribution is 5.81. The third kappa shape index (κ3) is 5.57. The number of benzene rings is 2. The number of ether oxygens (including phenoxy) is 3. The Kier molecular flexibility index (Phi) is 6.08. The summed E-state index contributed by atoms with van der Waals surface area (Å²) in [5, 5.41) is 18.5. The van der Waals surface area contributed by atoms with Crippen LogP contribution in [0.3, 0.4) is 0 Å². The number of esters is 1. The fourth-order valence-corrected chi connectivity index (χ4v) is 1.79. The standard InChI is InChI=1S/C18H18O6/c1-2-18(21)24-17(11-22-15-7-3-13(19)4-8-15)12-23-16-9-5-14(20)6-10-16/h2-10,17,19-20H,1,11-12H2. The highest BCUT2D eigenvalue weighted by Gasteiger charge is 2.15. The summed E-state index contributed by atoms with van der Waals surface area (Å²) in [4.78, 5) is 11.4. The van der Waals surface area contributed by atoms with Crippen molar-refractivity contribution in [2.75, 3.05) is 13.2 Å². The summed E-state index contributed by atoms with van der Waals surface area (Å²) in [5.41, 5.74) is 0. The third-order valence-electron chi connectivity index (χ3n) is 2.99. The summed E-state index contributed by atoms with van der Waals surface area (Å²) in [7, 11) is 0. The minimum absolute atomic E-state index is 0.0719. The van der Waals surface area contributed by atoms with Crippen LogP contribution in [0.2, 0.25) is 0 Å². The summed E-state index contributed by atoms with van der Waals surface area (Å²) in [5.74, 6) is 0.734. The Balaban J connectivity index is 1.92. The molecule has 0 spiro atoms. The van der Waals surface area contributed by atoms with E-state index in [1.807, 2.05) is 0 Å². The van der Waals surface area contributed by atoms with Crippen LogP contribution in [-0.4, -0.2) is 35.5 Å². The van der Waals surface area contributed by atoms with Crippen LogP contribution in [0.1, 0.15) is 0 Å². The van der Waals surface area contributed by atoms with Gasteiger partial charge in [0, 0.05) is 6.08 Å². The molecule has 2 aromatic rings. The van der Waals surface area contributed by atoms with Gasteiger partial charge in [-0.1, -0.05) is 6.58 Å². The van der Waals surface area contributed by atoms with Crippen molar-refractivity contribution in [2.24, 2.45) is 0 Å².